The number of rotatable bonds is 15. The Balaban J connectivity index is 1.04. The summed E-state index contributed by atoms with van der Waals surface area (Å²) >= 11 is 0. The molecule has 0 amide bonds. The van der Waals surface area contributed by atoms with Crippen molar-refractivity contribution in [1.29, 1.82) is 0 Å². The van der Waals surface area contributed by atoms with Crippen LogP contribution in [0.1, 0.15) is 45.2 Å². The van der Waals surface area contributed by atoms with Crippen LogP contribution in [0.25, 0.3) is 10.8 Å². The average Bonchev–Trinajstić information content (AvgIpc) is 3.21. The van der Waals surface area contributed by atoms with Crippen LogP contribution >= 0.6 is 0 Å². The Hall–Kier alpha value is -6.26. The highest BCUT2D eigenvalue weighted by atomic mass is 15.1. The summed E-state index contributed by atoms with van der Waals surface area (Å²) in [5.74, 6) is 0. The molecule has 0 bridgehead atoms. The van der Waals surface area contributed by atoms with Crippen LogP contribution in [0.3, 0.4) is 0 Å². The molecule has 0 aliphatic carbocycles. The van der Waals surface area contributed by atoms with Gasteiger partial charge in [0, 0.05) is 58.0 Å². The normalized spacial score (nSPS) is 11.9. The summed E-state index contributed by atoms with van der Waals surface area (Å²) in [5, 5.41) is 9.43. The summed E-state index contributed by atoms with van der Waals surface area (Å²) in [6, 6.07) is 49.9. The highest BCUT2D eigenvalue weighted by Crippen LogP contribution is 2.39. The van der Waals surface area contributed by atoms with Gasteiger partial charge in [0.25, 0.3) is 0 Å². The Kier molecular flexibility index (Phi) is 12.5. The number of aryl methyl sites for hydroxylation is 2. The second kappa shape index (κ2) is 18.0. The molecule has 6 aromatic rings. The lowest BCUT2D eigenvalue weighted by molar-refractivity contribution is 1.13. The van der Waals surface area contributed by atoms with Crippen LogP contribution in [0.2, 0.25) is 0 Å². The van der Waals surface area contributed by atoms with Crippen molar-refractivity contribution in [2.75, 3.05) is 27.5 Å². The highest BCUT2D eigenvalue weighted by Gasteiger charge is 2.15. The minimum Gasteiger partial charge on any atom is -0.359 e. The van der Waals surface area contributed by atoms with Crippen molar-refractivity contribution < 1.29 is 0 Å². The Morgan fingerprint density at radius 2 is 1.11 bits per heavy atom. The maximum Gasteiger partial charge on any atom is 0.0540 e. The third-order valence-electron chi connectivity index (χ3n) is 9.75. The minimum atomic E-state index is 0.836. The fourth-order valence-electron chi connectivity index (χ4n) is 6.50. The molecular weight excluding hydrogens is 657 g/mol. The van der Waals surface area contributed by atoms with E-state index in [1.807, 2.05) is 6.08 Å². The quantitative estimate of drug-likeness (QED) is 0.104. The van der Waals surface area contributed by atoms with Crippen molar-refractivity contribution in [2.45, 2.75) is 47.0 Å². The Morgan fingerprint density at radius 1 is 0.593 bits per heavy atom. The van der Waals surface area contributed by atoms with Crippen molar-refractivity contribution >= 4 is 50.6 Å². The number of nitrogens with one attached hydrogen (secondary N) is 2. The summed E-state index contributed by atoms with van der Waals surface area (Å²) in [5.41, 5.74) is 13.6. The van der Waals surface area contributed by atoms with Crippen LogP contribution in [0.4, 0.5) is 39.8 Å². The minimum absolute atomic E-state index is 0.836. The summed E-state index contributed by atoms with van der Waals surface area (Å²) in [4.78, 5) is 4.55. The van der Waals surface area contributed by atoms with Crippen molar-refractivity contribution in [3.05, 3.63) is 199 Å². The predicted octanol–water partition coefficient (Wildman–Crippen LogP) is 14.0. The zero-order valence-electron chi connectivity index (χ0n) is 32.3. The monoisotopic (exact) mass is 708 g/mol. The lowest BCUT2D eigenvalue weighted by Gasteiger charge is -2.27. The van der Waals surface area contributed by atoms with Gasteiger partial charge in [0.05, 0.1) is 5.69 Å². The first-order chi connectivity index (χ1) is 26.3. The molecule has 0 fully saturated rings. The number of nitrogens with zero attached hydrogens (tertiary/aromatic N) is 2. The molecule has 0 saturated carbocycles. The first-order valence-electron chi connectivity index (χ1n) is 18.9. The topological polar surface area (TPSA) is 30.5 Å². The molecular formula is C50H52N4. The van der Waals surface area contributed by atoms with Crippen molar-refractivity contribution in [3.8, 4) is 0 Å². The number of benzene rings is 6. The fraction of sp³-hybridized carbons (Fsp3) is 0.160. The van der Waals surface area contributed by atoms with Crippen LogP contribution in [0, 0.1) is 0 Å². The van der Waals surface area contributed by atoms with Crippen LogP contribution in [-0.2, 0) is 12.8 Å². The molecule has 0 radical (unpaired) electrons. The Morgan fingerprint density at radius 3 is 1.72 bits per heavy atom. The second-order valence-corrected chi connectivity index (χ2v) is 13.8. The largest absolute Gasteiger partial charge is 0.359 e. The number of hydrogen-bond donors (Lipinski definition) is 2. The van der Waals surface area contributed by atoms with Gasteiger partial charge in [-0.3, -0.25) is 0 Å². The van der Waals surface area contributed by atoms with E-state index in [-0.39, 0.29) is 0 Å². The van der Waals surface area contributed by atoms with Crippen LogP contribution in [0.15, 0.2) is 187 Å². The van der Waals surface area contributed by atoms with Gasteiger partial charge in [-0.05, 0) is 141 Å². The van der Waals surface area contributed by atoms with E-state index in [2.05, 4.69) is 220 Å². The molecule has 6 aromatic carbocycles. The van der Waals surface area contributed by atoms with Gasteiger partial charge in [-0.2, -0.15) is 0 Å². The third-order valence-corrected chi connectivity index (χ3v) is 9.75. The number of hydrogen-bond acceptors (Lipinski definition) is 4. The maximum atomic E-state index is 4.21. The lowest BCUT2D eigenvalue weighted by Crippen LogP contribution is -2.10. The molecule has 6 rings (SSSR count). The van der Waals surface area contributed by atoms with E-state index in [4.69, 9.17) is 0 Å². The standard InChI is InChI=1S/C50H52N4/c1-7-40-21-29-45(30-22-40)53(6)46-33-25-43(26-34-46)51-38(4)14-11-13-37(3)19-20-39(5)52-44-27-35-48(36-28-44)54(47-31-23-41(8-2)24-32-47)50-18-12-16-42-15-9-10-17-49(42)50/h9-12,14-36,51-52H,4,7-8,13H2,1-3,5-6H3/b14-11-,37-19+,39-20+. The molecule has 0 unspecified atom stereocenters. The summed E-state index contributed by atoms with van der Waals surface area (Å²) in [6.45, 7) is 12.8. The maximum absolute atomic E-state index is 4.21. The smallest absolute Gasteiger partial charge is 0.0540 e. The van der Waals surface area contributed by atoms with Crippen LogP contribution < -0.4 is 20.4 Å². The molecule has 0 spiro atoms. The van der Waals surface area contributed by atoms with Crippen molar-refractivity contribution in [1.82, 2.24) is 0 Å². The van der Waals surface area contributed by atoms with Gasteiger partial charge in [0.2, 0.25) is 0 Å². The van der Waals surface area contributed by atoms with Gasteiger partial charge in [-0.15, -0.1) is 0 Å². The van der Waals surface area contributed by atoms with Gasteiger partial charge in [0.15, 0.2) is 0 Å². The van der Waals surface area contributed by atoms with Gasteiger partial charge in [-0.25, -0.2) is 0 Å². The van der Waals surface area contributed by atoms with Gasteiger partial charge in [0.1, 0.15) is 0 Å². The van der Waals surface area contributed by atoms with Crippen molar-refractivity contribution in [3.63, 3.8) is 0 Å². The molecule has 4 heteroatoms. The van der Waals surface area contributed by atoms with E-state index in [0.717, 1.165) is 64.8 Å². The van der Waals surface area contributed by atoms with E-state index in [1.54, 1.807) is 0 Å². The Labute approximate surface area is 322 Å². The van der Waals surface area contributed by atoms with Crippen molar-refractivity contribution in [2.24, 2.45) is 0 Å². The van der Waals surface area contributed by atoms with Gasteiger partial charge < -0.3 is 20.4 Å². The van der Waals surface area contributed by atoms with E-state index in [0.29, 0.717) is 0 Å². The molecule has 0 saturated heterocycles. The predicted molar refractivity (Wildman–Crippen MR) is 236 cm³/mol. The molecule has 0 aliphatic heterocycles. The molecule has 2 N–H and O–H groups in total. The van der Waals surface area contributed by atoms with E-state index in [9.17, 15) is 0 Å². The van der Waals surface area contributed by atoms with E-state index < -0.39 is 0 Å². The van der Waals surface area contributed by atoms with Crippen LogP contribution in [-0.4, -0.2) is 7.05 Å². The lowest BCUT2D eigenvalue weighted by atomic mass is 10.1. The Bertz CT molecular complexity index is 2240. The molecule has 272 valence electrons. The molecule has 0 aliphatic rings. The molecule has 4 nitrogen and oxygen atoms in total. The molecule has 0 heterocycles. The van der Waals surface area contributed by atoms with Gasteiger partial charge in [-0.1, -0.05) is 98.8 Å². The first kappa shape index (κ1) is 37.5. The fourth-order valence-corrected chi connectivity index (χ4v) is 6.50. The summed E-state index contributed by atoms with van der Waals surface area (Å²) in [7, 11) is 2.10. The third kappa shape index (κ3) is 9.58. The van der Waals surface area contributed by atoms with Crippen LogP contribution in [0.5, 0.6) is 0 Å². The molecule has 0 atom stereocenters. The highest BCUT2D eigenvalue weighted by molar-refractivity contribution is 5.98. The summed E-state index contributed by atoms with van der Waals surface area (Å²) in [6.07, 6.45) is 11.4. The van der Waals surface area contributed by atoms with Gasteiger partial charge >= 0.3 is 0 Å². The second-order valence-electron chi connectivity index (χ2n) is 13.8. The molecule has 0 aromatic heterocycles. The SMILES string of the molecule is C=C(/C=C\C/C(C)=C/C=C(\C)Nc1ccc(N(c2ccc(CC)cc2)c2cccc3ccccc23)cc1)Nc1ccc(N(C)c2ccc(CC)cc2)cc1. The number of allylic oxidation sites excluding steroid dienone is 6. The number of fused-ring (bicyclic) bond motifs is 1. The number of anilines is 7. The molecule has 54 heavy (non-hydrogen) atoms. The van der Waals surface area contributed by atoms with E-state index in [1.165, 1.54) is 33.2 Å². The summed E-state index contributed by atoms with van der Waals surface area (Å²) < 4.78 is 0. The average molecular weight is 709 g/mol. The van der Waals surface area contributed by atoms with E-state index >= 15 is 0 Å². The zero-order valence-corrected chi connectivity index (χ0v) is 32.3. The zero-order chi connectivity index (χ0) is 37.9. The first-order valence-corrected chi connectivity index (χ1v) is 18.9.